The number of nitrogens with one attached hydrogen (secondary N) is 1. The fourth-order valence-corrected chi connectivity index (χ4v) is 1.66. The Balaban J connectivity index is 2.20. The lowest BCUT2D eigenvalue weighted by atomic mass is 9.91. The molecule has 1 fully saturated rings. The highest BCUT2D eigenvalue weighted by atomic mass is 16.3. The molecule has 0 aliphatic carbocycles. The van der Waals surface area contributed by atoms with Gasteiger partial charge in [0.05, 0.1) is 12.2 Å². The number of piperidine rings is 1. The average Bonchev–Trinajstić information content (AvgIpc) is 2.03. The van der Waals surface area contributed by atoms with Crippen LogP contribution in [-0.2, 0) is 0 Å². The van der Waals surface area contributed by atoms with E-state index in [0.29, 0.717) is 5.92 Å². The molecule has 72 valence electrons. The van der Waals surface area contributed by atoms with Gasteiger partial charge >= 0.3 is 0 Å². The van der Waals surface area contributed by atoms with E-state index in [-0.39, 0.29) is 12.2 Å². The van der Waals surface area contributed by atoms with Gasteiger partial charge in [-0.25, -0.2) is 0 Å². The molecule has 0 aromatic carbocycles. The van der Waals surface area contributed by atoms with Crippen LogP contribution in [0.15, 0.2) is 0 Å². The van der Waals surface area contributed by atoms with Crippen LogP contribution in [0.2, 0.25) is 0 Å². The largest absolute Gasteiger partial charge is 0.393 e. The molecule has 1 aliphatic rings. The Kier molecular flexibility index (Phi) is 3.98. The minimum Gasteiger partial charge on any atom is -0.393 e. The van der Waals surface area contributed by atoms with Crippen molar-refractivity contribution < 1.29 is 10.2 Å². The zero-order valence-corrected chi connectivity index (χ0v) is 7.66. The molecule has 3 heteroatoms. The van der Waals surface area contributed by atoms with Crippen molar-refractivity contribution in [1.29, 1.82) is 0 Å². The summed E-state index contributed by atoms with van der Waals surface area (Å²) in [5.74, 6) is 0.341. The van der Waals surface area contributed by atoms with Crippen molar-refractivity contribution in [3.63, 3.8) is 0 Å². The summed E-state index contributed by atoms with van der Waals surface area (Å²) < 4.78 is 0. The molecule has 1 rings (SSSR count). The maximum absolute atomic E-state index is 9.56. The van der Waals surface area contributed by atoms with Crippen LogP contribution in [-0.4, -0.2) is 35.5 Å². The second-order valence-electron chi connectivity index (χ2n) is 3.75. The molecule has 1 saturated heterocycles. The molecule has 0 saturated carbocycles. The van der Waals surface area contributed by atoms with Gasteiger partial charge in [0.15, 0.2) is 0 Å². The standard InChI is InChI=1S/C9H19NO2/c1-7(11)2-3-8-6-10-5-4-9(8)12/h7-12H,2-6H2,1H3. The molecule has 12 heavy (non-hydrogen) atoms. The Bertz CT molecular complexity index is 128. The first kappa shape index (κ1) is 9.96. The summed E-state index contributed by atoms with van der Waals surface area (Å²) in [6, 6.07) is 0. The highest BCUT2D eigenvalue weighted by Crippen LogP contribution is 2.17. The van der Waals surface area contributed by atoms with Gasteiger partial charge in [0, 0.05) is 6.54 Å². The molecule has 3 nitrogen and oxygen atoms in total. The van der Waals surface area contributed by atoms with E-state index in [1.807, 2.05) is 0 Å². The highest BCUT2D eigenvalue weighted by molar-refractivity contribution is 4.77. The monoisotopic (exact) mass is 173 g/mol. The van der Waals surface area contributed by atoms with E-state index < -0.39 is 0 Å². The van der Waals surface area contributed by atoms with E-state index in [4.69, 9.17) is 5.11 Å². The third-order valence-corrected chi connectivity index (χ3v) is 2.52. The average molecular weight is 173 g/mol. The molecule has 0 spiro atoms. The van der Waals surface area contributed by atoms with Crippen molar-refractivity contribution in [3.05, 3.63) is 0 Å². The molecule has 0 radical (unpaired) electrons. The van der Waals surface area contributed by atoms with Gasteiger partial charge in [-0.2, -0.15) is 0 Å². The van der Waals surface area contributed by atoms with Crippen LogP contribution in [0.4, 0.5) is 0 Å². The van der Waals surface area contributed by atoms with Gasteiger partial charge in [-0.05, 0) is 38.6 Å². The molecular formula is C9H19NO2. The second-order valence-corrected chi connectivity index (χ2v) is 3.75. The van der Waals surface area contributed by atoms with Gasteiger partial charge in [0.2, 0.25) is 0 Å². The van der Waals surface area contributed by atoms with Gasteiger partial charge < -0.3 is 15.5 Å². The lowest BCUT2D eigenvalue weighted by molar-refractivity contribution is 0.0644. The maximum atomic E-state index is 9.56. The fourth-order valence-electron chi connectivity index (χ4n) is 1.66. The SMILES string of the molecule is CC(O)CCC1CNCCC1O. The van der Waals surface area contributed by atoms with Crippen LogP contribution in [0.3, 0.4) is 0 Å². The Morgan fingerprint density at radius 3 is 2.92 bits per heavy atom. The van der Waals surface area contributed by atoms with E-state index >= 15 is 0 Å². The molecule has 0 amide bonds. The molecule has 3 unspecified atom stereocenters. The van der Waals surface area contributed by atoms with Gasteiger partial charge in [0.25, 0.3) is 0 Å². The zero-order chi connectivity index (χ0) is 8.97. The molecule has 3 N–H and O–H groups in total. The summed E-state index contributed by atoms with van der Waals surface area (Å²) in [7, 11) is 0. The molecule has 3 atom stereocenters. The van der Waals surface area contributed by atoms with Crippen molar-refractivity contribution in [2.45, 2.75) is 38.4 Å². The number of aliphatic hydroxyl groups excluding tert-OH is 2. The van der Waals surface area contributed by atoms with Gasteiger partial charge in [0.1, 0.15) is 0 Å². The third kappa shape index (κ3) is 3.09. The summed E-state index contributed by atoms with van der Waals surface area (Å²) in [5, 5.41) is 21.9. The van der Waals surface area contributed by atoms with Crippen LogP contribution in [0, 0.1) is 5.92 Å². The lowest BCUT2D eigenvalue weighted by Gasteiger charge is -2.28. The van der Waals surface area contributed by atoms with Crippen LogP contribution < -0.4 is 5.32 Å². The summed E-state index contributed by atoms with van der Waals surface area (Å²) >= 11 is 0. The van der Waals surface area contributed by atoms with Crippen molar-refractivity contribution in [3.8, 4) is 0 Å². The summed E-state index contributed by atoms with van der Waals surface area (Å²) in [6.07, 6.45) is 2.17. The van der Waals surface area contributed by atoms with Gasteiger partial charge in [-0.3, -0.25) is 0 Å². The molecule has 0 aromatic rings. The Labute approximate surface area is 73.8 Å². The fraction of sp³-hybridized carbons (Fsp3) is 1.00. The van der Waals surface area contributed by atoms with Crippen molar-refractivity contribution in [2.24, 2.45) is 5.92 Å². The number of hydrogen-bond acceptors (Lipinski definition) is 3. The van der Waals surface area contributed by atoms with Gasteiger partial charge in [-0.1, -0.05) is 0 Å². The van der Waals surface area contributed by atoms with Crippen molar-refractivity contribution in [2.75, 3.05) is 13.1 Å². The predicted molar refractivity (Wildman–Crippen MR) is 47.9 cm³/mol. The van der Waals surface area contributed by atoms with Crippen LogP contribution in [0.5, 0.6) is 0 Å². The summed E-state index contributed by atoms with van der Waals surface area (Å²) in [6.45, 7) is 3.61. The minimum absolute atomic E-state index is 0.162. The molecule has 0 aromatic heterocycles. The van der Waals surface area contributed by atoms with Crippen molar-refractivity contribution >= 4 is 0 Å². The second kappa shape index (κ2) is 4.80. The summed E-state index contributed by atoms with van der Waals surface area (Å²) in [4.78, 5) is 0. The maximum Gasteiger partial charge on any atom is 0.0592 e. The van der Waals surface area contributed by atoms with E-state index in [1.54, 1.807) is 6.92 Å². The Morgan fingerprint density at radius 2 is 2.33 bits per heavy atom. The zero-order valence-electron chi connectivity index (χ0n) is 7.66. The molecule has 1 aliphatic heterocycles. The van der Waals surface area contributed by atoms with Crippen LogP contribution in [0.25, 0.3) is 0 Å². The van der Waals surface area contributed by atoms with E-state index in [9.17, 15) is 5.11 Å². The molecular weight excluding hydrogens is 154 g/mol. The third-order valence-electron chi connectivity index (χ3n) is 2.52. The van der Waals surface area contributed by atoms with Gasteiger partial charge in [-0.15, -0.1) is 0 Å². The van der Waals surface area contributed by atoms with Crippen LogP contribution >= 0.6 is 0 Å². The number of hydrogen-bond donors (Lipinski definition) is 3. The summed E-state index contributed by atoms with van der Waals surface area (Å²) in [5.41, 5.74) is 0. The normalized spacial score (nSPS) is 33.2. The number of rotatable bonds is 3. The predicted octanol–water partition coefficient (Wildman–Crippen LogP) is 0.118. The first-order chi connectivity index (χ1) is 5.70. The lowest BCUT2D eigenvalue weighted by Crippen LogP contribution is -2.40. The molecule has 1 heterocycles. The first-order valence-corrected chi connectivity index (χ1v) is 4.77. The highest BCUT2D eigenvalue weighted by Gasteiger charge is 2.22. The van der Waals surface area contributed by atoms with Crippen molar-refractivity contribution in [1.82, 2.24) is 5.32 Å². The number of aliphatic hydroxyl groups is 2. The minimum atomic E-state index is -0.237. The Morgan fingerprint density at radius 1 is 1.58 bits per heavy atom. The topological polar surface area (TPSA) is 52.5 Å². The van der Waals surface area contributed by atoms with E-state index in [2.05, 4.69) is 5.32 Å². The Hall–Kier alpha value is -0.120. The van der Waals surface area contributed by atoms with E-state index in [0.717, 1.165) is 32.4 Å². The quantitative estimate of drug-likeness (QED) is 0.568. The van der Waals surface area contributed by atoms with E-state index in [1.165, 1.54) is 0 Å². The van der Waals surface area contributed by atoms with Crippen LogP contribution in [0.1, 0.15) is 26.2 Å². The molecule has 0 bridgehead atoms. The smallest absolute Gasteiger partial charge is 0.0592 e. The first-order valence-electron chi connectivity index (χ1n) is 4.77.